The zero-order valence-electron chi connectivity index (χ0n) is 17.2. The van der Waals surface area contributed by atoms with E-state index in [1.165, 1.54) is 37.4 Å². The topological polar surface area (TPSA) is 140 Å². The molecule has 0 aromatic heterocycles. The first-order chi connectivity index (χ1) is 15.3. The van der Waals surface area contributed by atoms with E-state index in [1.54, 1.807) is 6.07 Å². The lowest BCUT2D eigenvalue weighted by Crippen LogP contribution is -2.34. The van der Waals surface area contributed by atoms with Gasteiger partial charge in [0.25, 0.3) is 17.3 Å². The molecule has 3 rings (SSSR count). The fraction of sp³-hybridized carbons (Fsp3) is 0.300. The minimum absolute atomic E-state index is 0.0626. The van der Waals surface area contributed by atoms with E-state index in [0.29, 0.717) is 5.69 Å². The number of piperidine rings is 1. The zero-order valence-corrected chi connectivity index (χ0v) is 18.0. The van der Waals surface area contributed by atoms with Gasteiger partial charge in [0.1, 0.15) is 11.4 Å². The van der Waals surface area contributed by atoms with Gasteiger partial charge < -0.3 is 15.0 Å². The molecule has 1 fully saturated rings. The first-order valence-corrected chi connectivity index (χ1v) is 10.2. The average Bonchev–Trinajstić information content (AvgIpc) is 2.79. The molecule has 11 nitrogen and oxygen atoms in total. The number of nitrogens with one attached hydrogen (secondary N) is 2. The van der Waals surface area contributed by atoms with Crippen LogP contribution in [0, 0.1) is 20.2 Å². The van der Waals surface area contributed by atoms with Crippen molar-refractivity contribution < 1.29 is 19.4 Å². The Morgan fingerprint density at radius 1 is 1.06 bits per heavy atom. The second kappa shape index (κ2) is 10.0. The maximum Gasteiger partial charge on any atom is 0.293 e. The fourth-order valence-corrected chi connectivity index (χ4v) is 3.65. The van der Waals surface area contributed by atoms with Crippen molar-refractivity contribution >= 4 is 46.0 Å². The second-order valence-corrected chi connectivity index (χ2v) is 7.47. The molecule has 32 heavy (non-hydrogen) atoms. The van der Waals surface area contributed by atoms with Crippen LogP contribution >= 0.6 is 12.2 Å². The maximum absolute atomic E-state index is 12.6. The summed E-state index contributed by atoms with van der Waals surface area (Å²) in [5.41, 5.74) is 0.393. The molecule has 1 heterocycles. The Morgan fingerprint density at radius 3 is 2.41 bits per heavy atom. The quantitative estimate of drug-likeness (QED) is 0.376. The van der Waals surface area contributed by atoms with Gasteiger partial charge in [-0.05, 0) is 49.7 Å². The molecule has 1 aliphatic rings. The minimum atomic E-state index is -0.653. The monoisotopic (exact) mass is 459 g/mol. The molecular formula is C20H21N5O6S. The van der Waals surface area contributed by atoms with E-state index in [1.807, 2.05) is 4.90 Å². The standard InChI is InChI=1S/C20H21N5O6S/c1-31-18-8-6-14(24(27)28)12-15(18)21-20(32)22-19(26)13-5-7-16(17(11-13)25(29)30)23-9-3-2-4-10-23/h5-8,11-12H,2-4,9-10H2,1H3,(H2,21,22,26,32). The molecule has 0 atom stereocenters. The van der Waals surface area contributed by atoms with Gasteiger partial charge in [0.05, 0.1) is 22.6 Å². The molecule has 1 amide bonds. The molecule has 0 bridgehead atoms. The number of rotatable bonds is 6. The number of hydrogen-bond donors (Lipinski definition) is 2. The normalized spacial score (nSPS) is 13.2. The van der Waals surface area contributed by atoms with Crippen LogP contribution in [0.4, 0.5) is 22.7 Å². The largest absolute Gasteiger partial charge is 0.495 e. The number of non-ortho nitro benzene ring substituents is 1. The molecular weight excluding hydrogens is 438 g/mol. The van der Waals surface area contributed by atoms with Crippen molar-refractivity contribution in [1.29, 1.82) is 0 Å². The van der Waals surface area contributed by atoms with E-state index in [4.69, 9.17) is 17.0 Å². The molecule has 2 aromatic carbocycles. The summed E-state index contributed by atoms with van der Waals surface area (Å²) >= 11 is 5.13. The van der Waals surface area contributed by atoms with Crippen molar-refractivity contribution in [2.45, 2.75) is 19.3 Å². The highest BCUT2D eigenvalue weighted by Crippen LogP contribution is 2.32. The van der Waals surface area contributed by atoms with E-state index in [9.17, 15) is 25.0 Å². The number of carbonyl (C=O) groups is 1. The molecule has 2 N–H and O–H groups in total. The molecule has 2 aromatic rings. The summed E-state index contributed by atoms with van der Waals surface area (Å²) in [5, 5.41) is 27.6. The Morgan fingerprint density at radius 2 is 1.78 bits per heavy atom. The van der Waals surface area contributed by atoms with Gasteiger partial charge in [-0.15, -0.1) is 0 Å². The highest BCUT2D eigenvalue weighted by atomic mass is 32.1. The third-order valence-corrected chi connectivity index (χ3v) is 5.20. The lowest BCUT2D eigenvalue weighted by Gasteiger charge is -2.28. The van der Waals surface area contributed by atoms with Gasteiger partial charge in [-0.3, -0.25) is 30.3 Å². The van der Waals surface area contributed by atoms with Crippen LogP contribution in [0.1, 0.15) is 29.6 Å². The molecule has 0 saturated carbocycles. The Labute approximate surface area is 188 Å². The number of hydrogen-bond acceptors (Lipinski definition) is 8. The van der Waals surface area contributed by atoms with Gasteiger partial charge in [-0.1, -0.05) is 0 Å². The summed E-state index contributed by atoms with van der Waals surface area (Å²) in [6.45, 7) is 1.46. The number of ether oxygens (including phenoxy) is 1. The van der Waals surface area contributed by atoms with Crippen LogP contribution < -0.4 is 20.3 Å². The Hall–Kier alpha value is -3.80. The number of thiocarbonyl (C=S) groups is 1. The first kappa shape index (κ1) is 22.9. The molecule has 0 unspecified atom stereocenters. The number of nitro groups is 2. The highest BCUT2D eigenvalue weighted by molar-refractivity contribution is 7.80. The number of benzene rings is 2. The zero-order chi connectivity index (χ0) is 23.3. The van der Waals surface area contributed by atoms with Gasteiger partial charge in [0.15, 0.2) is 5.11 Å². The van der Waals surface area contributed by atoms with Gasteiger partial charge in [0.2, 0.25) is 0 Å². The van der Waals surface area contributed by atoms with Crippen molar-refractivity contribution in [3.05, 3.63) is 62.2 Å². The van der Waals surface area contributed by atoms with Crippen LogP contribution in [0.3, 0.4) is 0 Å². The smallest absolute Gasteiger partial charge is 0.293 e. The third kappa shape index (κ3) is 5.27. The minimum Gasteiger partial charge on any atom is -0.495 e. The van der Waals surface area contributed by atoms with Crippen LogP contribution in [-0.4, -0.2) is 41.1 Å². The Bertz CT molecular complexity index is 1070. The van der Waals surface area contributed by atoms with Crippen molar-refractivity contribution in [3.8, 4) is 5.75 Å². The number of carbonyl (C=O) groups excluding carboxylic acids is 1. The summed E-state index contributed by atoms with van der Waals surface area (Å²) in [5.74, 6) is -0.367. The SMILES string of the molecule is COc1ccc([N+](=O)[O-])cc1NC(=S)NC(=O)c1ccc(N2CCCCC2)c([N+](=O)[O-])c1. The second-order valence-electron chi connectivity index (χ2n) is 7.06. The summed E-state index contributed by atoms with van der Waals surface area (Å²) in [6.07, 6.45) is 3.01. The van der Waals surface area contributed by atoms with Crippen LogP contribution in [-0.2, 0) is 0 Å². The number of anilines is 2. The lowest BCUT2D eigenvalue weighted by atomic mass is 10.1. The van der Waals surface area contributed by atoms with Crippen molar-refractivity contribution in [2.24, 2.45) is 0 Å². The van der Waals surface area contributed by atoms with Crippen molar-refractivity contribution in [2.75, 3.05) is 30.4 Å². The molecule has 0 radical (unpaired) electrons. The van der Waals surface area contributed by atoms with Crippen LogP contribution in [0.15, 0.2) is 36.4 Å². The number of nitrogens with zero attached hydrogens (tertiary/aromatic N) is 3. The molecule has 0 spiro atoms. The molecule has 1 aliphatic heterocycles. The maximum atomic E-state index is 12.6. The summed E-state index contributed by atoms with van der Waals surface area (Å²) < 4.78 is 5.15. The van der Waals surface area contributed by atoms with Gasteiger partial charge in [0, 0.05) is 36.9 Å². The summed E-state index contributed by atoms with van der Waals surface area (Å²) in [6, 6.07) is 8.18. The van der Waals surface area contributed by atoms with E-state index >= 15 is 0 Å². The number of amides is 1. The fourth-order valence-electron chi connectivity index (χ4n) is 3.45. The van der Waals surface area contributed by atoms with Crippen LogP contribution in [0.25, 0.3) is 0 Å². The van der Waals surface area contributed by atoms with Gasteiger partial charge >= 0.3 is 0 Å². The molecule has 1 saturated heterocycles. The lowest BCUT2D eigenvalue weighted by molar-refractivity contribution is -0.384. The predicted octanol–water partition coefficient (Wildman–Crippen LogP) is 3.63. The van der Waals surface area contributed by atoms with Crippen LogP contribution in [0.5, 0.6) is 5.75 Å². The van der Waals surface area contributed by atoms with E-state index in [0.717, 1.165) is 32.4 Å². The number of nitro benzene ring substituents is 2. The van der Waals surface area contributed by atoms with Gasteiger partial charge in [-0.25, -0.2) is 0 Å². The third-order valence-electron chi connectivity index (χ3n) is 5.00. The summed E-state index contributed by atoms with van der Waals surface area (Å²) in [4.78, 5) is 36.1. The first-order valence-electron chi connectivity index (χ1n) is 9.78. The highest BCUT2D eigenvalue weighted by Gasteiger charge is 2.23. The summed E-state index contributed by atoms with van der Waals surface area (Å²) in [7, 11) is 1.39. The van der Waals surface area contributed by atoms with Crippen molar-refractivity contribution in [3.63, 3.8) is 0 Å². The Kier molecular flexibility index (Phi) is 7.15. The van der Waals surface area contributed by atoms with E-state index in [-0.39, 0.29) is 33.5 Å². The predicted molar refractivity (Wildman–Crippen MR) is 122 cm³/mol. The van der Waals surface area contributed by atoms with E-state index < -0.39 is 15.8 Å². The number of methoxy groups -OCH3 is 1. The van der Waals surface area contributed by atoms with Crippen LogP contribution in [0.2, 0.25) is 0 Å². The molecule has 0 aliphatic carbocycles. The van der Waals surface area contributed by atoms with Gasteiger partial charge in [-0.2, -0.15) is 0 Å². The average molecular weight is 459 g/mol. The van der Waals surface area contributed by atoms with Crippen molar-refractivity contribution in [1.82, 2.24) is 5.32 Å². The molecule has 168 valence electrons. The Balaban J connectivity index is 1.76. The van der Waals surface area contributed by atoms with E-state index in [2.05, 4.69) is 10.6 Å². The molecule has 12 heteroatoms.